The third-order valence-electron chi connectivity index (χ3n) is 3.84. The van der Waals surface area contributed by atoms with E-state index >= 15 is 0 Å². The van der Waals surface area contributed by atoms with Crippen LogP contribution in [0.1, 0.15) is 39.5 Å². The summed E-state index contributed by atoms with van der Waals surface area (Å²) in [5.41, 5.74) is -1.01. The van der Waals surface area contributed by atoms with Crippen LogP contribution >= 0.6 is 11.8 Å². The third-order valence-corrected chi connectivity index (χ3v) is 4.49. The van der Waals surface area contributed by atoms with E-state index in [0.29, 0.717) is 19.4 Å². The summed E-state index contributed by atoms with van der Waals surface area (Å²) in [6, 6.07) is -0.167. The Morgan fingerprint density at radius 2 is 2.21 bits per heavy atom. The summed E-state index contributed by atoms with van der Waals surface area (Å²) < 4.78 is 0. The van der Waals surface area contributed by atoms with Gasteiger partial charge in [-0.1, -0.05) is 6.92 Å². The highest BCUT2D eigenvalue weighted by Gasteiger charge is 2.48. The normalized spacial score (nSPS) is 24.3. The lowest BCUT2D eigenvalue weighted by atomic mass is 9.93. The summed E-state index contributed by atoms with van der Waals surface area (Å²) in [6.07, 6.45) is 4.68. The average Bonchev–Trinajstić information content (AvgIpc) is 2.81. The third kappa shape index (κ3) is 3.55. The van der Waals surface area contributed by atoms with Crippen LogP contribution in [0.25, 0.3) is 0 Å². The number of carboxylic acid groups (broad SMARTS) is 1. The van der Waals surface area contributed by atoms with Crippen molar-refractivity contribution in [2.45, 2.75) is 51.1 Å². The molecule has 0 aromatic heterocycles. The Kier molecular flexibility index (Phi) is 5.97. The van der Waals surface area contributed by atoms with Crippen molar-refractivity contribution in [3.63, 3.8) is 0 Å². The van der Waals surface area contributed by atoms with Gasteiger partial charge in [-0.05, 0) is 44.6 Å². The van der Waals surface area contributed by atoms with Crippen molar-refractivity contribution in [2.24, 2.45) is 0 Å². The van der Waals surface area contributed by atoms with E-state index in [1.807, 2.05) is 20.1 Å². The van der Waals surface area contributed by atoms with Gasteiger partial charge in [-0.2, -0.15) is 11.8 Å². The monoisotopic (exact) mass is 288 g/mol. The molecule has 0 aromatic carbocycles. The van der Waals surface area contributed by atoms with Gasteiger partial charge in [0.1, 0.15) is 5.54 Å². The van der Waals surface area contributed by atoms with Crippen LogP contribution in [0.5, 0.6) is 0 Å². The van der Waals surface area contributed by atoms with E-state index < -0.39 is 11.5 Å². The summed E-state index contributed by atoms with van der Waals surface area (Å²) >= 11 is 1.74. The molecule has 110 valence electrons. The minimum atomic E-state index is -1.01. The number of carbonyl (C=O) groups excluding carboxylic acids is 1. The SMILES string of the molecule is CCC1(C(=O)O)CCCN1C(=O)NC(C)CCSC. The first kappa shape index (κ1) is 16.1. The van der Waals surface area contributed by atoms with Crippen LogP contribution < -0.4 is 5.32 Å². The Morgan fingerprint density at radius 1 is 1.53 bits per heavy atom. The molecule has 0 saturated carbocycles. The topological polar surface area (TPSA) is 69.6 Å². The molecule has 2 N–H and O–H groups in total. The molecule has 0 bridgehead atoms. The van der Waals surface area contributed by atoms with Gasteiger partial charge >= 0.3 is 12.0 Å². The lowest BCUT2D eigenvalue weighted by Gasteiger charge is -2.34. The molecule has 1 aliphatic rings. The van der Waals surface area contributed by atoms with Crippen molar-refractivity contribution in [1.82, 2.24) is 10.2 Å². The Labute approximate surface area is 119 Å². The molecule has 2 unspecified atom stereocenters. The number of amides is 2. The summed E-state index contributed by atoms with van der Waals surface area (Å²) in [6.45, 7) is 4.32. The number of likely N-dealkylation sites (tertiary alicyclic amines) is 1. The second-order valence-corrected chi connectivity index (χ2v) is 6.06. The van der Waals surface area contributed by atoms with E-state index in [1.54, 1.807) is 11.8 Å². The van der Waals surface area contributed by atoms with E-state index in [2.05, 4.69) is 5.32 Å². The van der Waals surface area contributed by atoms with Gasteiger partial charge in [-0.3, -0.25) is 0 Å². The lowest BCUT2D eigenvalue weighted by Crippen LogP contribution is -2.56. The molecule has 1 fully saturated rings. The van der Waals surface area contributed by atoms with Gasteiger partial charge in [-0.25, -0.2) is 9.59 Å². The molecule has 19 heavy (non-hydrogen) atoms. The number of carbonyl (C=O) groups is 2. The molecule has 1 saturated heterocycles. The Hall–Kier alpha value is -0.910. The fourth-order valence-corrected chi connectivity index (χ4v) is 3.16. The zero-order chi connectivity index (χ0) is 14.5. The molecular weight excluding hydrogens is 264 g/mol. The number of urea groups is 1. The van der Waals surface area contributed by atoms with Crippen LogP contribution in [0, 0.1) is 0 Å². The van der Waals surface area contributed by atoms with Gasteiger partial charge in [0.25, 0.3) is 0 Å². The maximum Gasteiger partial charge on any atom is 0.329 e. The van der Waals surface area contributed by atoms with Gasteiger partial charge in [0.05, 0.1) is 0 Å². The second-order valence-electron chi connectivity index (χ2n) is 5.08. The summed E-state index contributed by atoms with van der Waals surface area (Å²) in [5, 5.41) is 12.3. The van der Waals surface area contributed by atoms with Crippen LogP contribution in [-0.4, -0.2) is 52.1 Å². The molecule has 1 aliphatic heterocycles. The Morgan fingerprint density at radius 3 is 2.74 bits per heavy atom. The van der Waals surface area contributed by atoms with Crippen molar-refractivity contribution in [1.29, 1.82) is 0 Å². The number of aliphatic carboxylic acids is 1. The summed E-state index contributed by atoms with van der Waals surface area (Å²) in [4.78, 5) is 25.2. The minimum Gasteiger partial charge on any atom is -0.479 e. The average molecular weight is 288 g/mol. The molecule has 2 amide bonds. The standard InChI is InChI=1S/C13H24N2O3S/c1-4-13(11(16)17)7-5-8-15(13)12(18)14-10(2)6-9-19-3/h10H,4-9H2,1-3H3,(H,14,18)(H,16,17). The first-order chi connectivity index (χ1) is 8.97. The fourth-order valence-electron chi connectivity index (χ4n) is 2.57. The molecule has 1 heterocycles. The minimum absolute atomic E-state index is 0.0731. The van der Waals surface area contributed by atoms with Crippen molar-refractivity contribution >= 4 is 23.8 Å². The molecule has 6 heteroatoms. The first-order valence-corrected chi connectivity index (χ1v) is 8.17. The predicted octanol–water partition coefficient (Wildman–Crippen LogP) is 2.17. The molecule has 0 aliphatic carbocycles. The molecule has 1 rings (SSSR count). The highest BCUT2D eigenvalue weighted by molar-refractivity contribution is 7.98. The van der Waals surface area contributed by atoms with Crippen molar-refractivity contribution < 1.29 is 14.7 Å². The Balaban J connectivity index is 2.67. The number of rotatable bonds is 6. The van der Waals surface area contributed by atoms with Crippen molar-refractivity contribution in [3.8, 4) is 0 Å². The number of carboxylic acids is 1. The van der Waals surface area contributed by atoms with Gasteiger partial charge in [0.15, 0.2) is 0 Å². The highest BCUT2D eigenvalue weighted by Crippen LogP contribution is 2.32. The summed E-state index contributed by atoms with van der Waals surface area (Å²) in [5.74, 6) is 0.0960. The molecule has 0 aromatic rings. The van der Waals surface area contributed by atoms with E-state index in [4.69, 9.17) is 0 Å². The van der Waals surface area contributed by atoms with Crippen LogP contribution in [0.15, 0.2) is 0 Å². The van der Waals surface area contributed by atoms with Gasteiger partial charge in [0, 0.05) is 12.6 Å². The predicted molar refractivity (Wildman–Crippen MR) is 77.6 cm³/mol. The van der Waals surface area contributed by atoms with Crippen molar-refractivity contribution in [2.75, 3.05) is 18.6 Å². The van der Waals surface area contributed by atoms with E-state index in [1.165, 1.54) is 4.90 Å². The number of nitrogens with zero attached hydrogens (tertiary/aromatic N) is 1. The van der Waals surface area contributed by atoms with Crippen LogP contribution in [-0.2, 0) is 4.79 Å². The lowest BCUT2D eigenvalue weighted by molar-refractivity contribution is -0.148. The van der Waals surface area contributed by atoms with Gasteiger partial charge in [-0.15, -0.1) is 0 Å². The zero-order valence-electron chi connectivity index (χ0n) is 11.9. The maximum atomic E-state index is 12.2. The smallest absolute Gasteiger partial charge is 0.329 e. The quantitative estimate of drug-likeness (QED) is 0.786. The number of nitrogens with one attached hydrogen (secondary N) is 1. The largest absolute Gasteiger partial charge is 0.479 e. The maximum absolute atomic E-state index is 12.2. The summed E-state index contributed by atoms with van der Waals surface area (Å²) in [7, 11) is 0. The van der Waals surface area contributed by atoms with Crippen molar-refractivity contribution in [3.05, 3.63) is 0 Å². The molecular formula is C13H24N2O3S. The van der Waals surface area contributed by atoms with E-state index in [-0.39, 0.29) is 12.1 Å². The van der Waals surface area contributed by atoms with E-state index in [9.17, 15) is 14.7 Å². The first-order valence-electron chi connectivity index (χ1n) is 6.78. The molecule has 5 nitrogen and oxygen atoms in total. The second kappa shape index (κ2) is 7.03. The number of hydrogen-bond donors (Lipinski definition) is 2. The van der Waals surface area contributed by atoms with Gasteiger partial charge in [0.2, 0.25) is 0 Å². The van der Waals surface area contributed by atoms with Crippen LogP contribution in [0.4, 0.5) is 4.79 Å². The molecule has 0 radical (unpaired) electrons. The van der Waals surface area contributed by atoms with Gasteiger partial charge < -0.3 is 15.3 Å². The number of thioether (sulfide) groups is 1. The fraction of sp³-hybridized carbons (Fsp3) is 0.846. The van der Waals surface area contributed by atoms with Crippen LogP contribution in [0.2, 0.25) is 0 Å². The highest BCUT2D eigenvalue weighted by atomic mass is 32.2. The molecule has 2 atom stereocenters. The zero-order valence-corrected chi connectivity index (χ0v) is 12.8. The molecule has 0 spiro atoms. The van der Waals surface area contributed by atoms with E-state index in [0.717, 1.165) is 18.6 Å². The van der Waals surface area contributed by atoms with Crippen LogP contribution in [0.3, 0.4) is 0 Å². The Bertz CT molecular complexity index is 338. The number of hydrogen-bond acceptors (Lipinski definition) is 3.